The molecule has 0 aromatic heterocycles. The van der Waals surface area contributed by atoms with Crippen LogP contribution in [0.2, 0.25) is 0 Å². The Morgan fingerprint density at radius 3 is 2.02 bits per heavy atom. The van der Waals surface area contributed by atoms with Crippen molar-refractivity contribution in [2.24, 2.45) is 11.7 Å². The van der Waals surface area contributed by atoms with Crippen molar-refractivity contribution in [1.29, 1.82) is 0 Å². The lowest BCUT2D eigenvalue weighted by Crippen LogP contribution is -2.64. The third kappa shape index (κ3) is 16.8. The summed E-state index contributed by atoms with van der Waals surface area (Å²) < 4.78 is 21.2. The number of nitrogens with zero attached hydrogens (tertiary/aromatic N) is 5. The molecule has 7 amide bonds. The number of likely N-dealkylation sites (tertiary alicyclic amines) is 1. The predicted molar refractivity (Wildman–Crippen MR) is 321 cm³/mol. The third-order valence-corrected chi connectivity index (χ3v) is 19.1. The van der Waals surface area contributed by atoms with Gasteiger partial charge in [0.15, 0.2) is 17.3 Å². The molecule has 31 nitrogen and oxygen atoms in total. The number of phenols is 1. The molecular weight excluding hydrogens is 1210 g/mol. The van der Waals surface area contributed by atoms with Gasteiger partial charge in [-0.2, -0.15) is 0 Å². The molecule has 6 heterocycles. The normalized spacial score (nSPS) is 31.3. The van der Waals surface area contributed by atoms with Gasteiger partial charge < -0.3 is 96.4 Å². The molecule has 91 heavy (non-hydrogen) atoms. The van der Waals surface area contributed by atoms with Crippen LogP contribution in [0.1, 0.15) is 87.6 Å². The summed E-state index contributed by atoms with van der Waals surface area (Å²) in [7, 11) is 0. The molecule has 32 heteroatoms. The number of hydrogen-bond donors (Lipinski definition) is 14. The molecule has 13 atom stereocenters. The fourth-order valence-corrected chi connectivity index (χ4v) is 13.9. The number of phenolic OH excluding ortho intramolecular Hbond substituents is 1. The van der Waals surface area contributed by atoms with Gasteiger partial charge in [0.25, 0.3) is 18.2 Å². The Hall–Kier alpha value is -6.08. The van der Waals surface area contributed by atoms with Crippen LogP contribution in [0.15, 0.2) is 42.5 Å². The van der Waals surface area contributed by atoms with E-state index in [1.807, 2.05) is 0 Å². The number of rotatable bonds is 16. The van der Waals surface area contributed by atoms with E-state index < -0.39 is 158 Å². The minimum atomic E-state index is -2.09. The fraction of sp³-hybridized carbons (Fsp3) is 0.678. The molecule has 504 valence electrons. The van der Waals surface area contributed by atoms with E-state index in [0.29, 0.717) is 25.3 Å². The summed E-state index contributed by atoms with van der Waals surface area (Å²) in [5.41, 5.74) is 6.93. The number of anilines is 1. The van der Waals surface area contributed by atoms with Crippen molar-refractivity contribution in [3.8, 4) is 11.5 Å². The molecule has 1 aliphatic carbocycles. The number of nitrogens with one attached hydrogen (secondary N) is 5. The lowest BCUT2D eigenvalue weighted by atomic mass is 9.87. The number of ether oxygens (including phenoxy) is 2. The van der Waals surface area contributed by atoms with Crippen LogP contribution in [0.25, 0.3) is 0 Å². The van der Waals surface area contributed by atoms with Crippen molar-refractivity contribution in [2.75, 3.05) is 83.6 Å². The number of carbonyl (C=O) groups excluding carboxylic acids is 7. The maximum atomic E-state index is 14.7. The van der Waals surface area contributed by atoms with E-state index in [4.69, 9.17) is 24.6 Å². The van der Waals surface area contributed by atoms with Crippen molar-refractivity contribution in [2.45, 2.75) is 169 Å². The Morgan fingerprint density at radius 2 is 1.38 bits per heavy atom. The number of carbonyl (C=O) groups is 7. The second-order valence-corrected chi connectivity index (χ2v) is 25.3. The van der Waals surface area contributed by atoms with E-state index >= 15 is 0 Å². The average molecular weight is 1300 g/mol. The van der Waals surface area contributed by atoms with E-state index in [2.05, 4.69) is 50.7 Å². The highest BCUT2D eigenvalue weighted by Crippen LogP contribution is 2.36. The Balaban J connectivity index is 0.921. The van der Waals surface area contributed by atoms with Crippen LogP contribution in [0.3, 0.4) is 0 Å². The summed E-state index contributed by atoms with van der Waals surface area (Å²) in [4.78, 5) is 111. The Labute approximate surface area is 530 Å². The topological polar surface area (TPSA) is 430 Å². The second-order valence-electron chi connectivity index (χ2n) is 24.8. The highest BCUT2D eigenvalue weighted by molar-refractivity contribution is 7.90. The first-order chi connectivity index (χ1) is 43.6. The van der Waals surface area contributed by atoms with Gasteiger partial charge in [0.2, 0.25) is 35.4 Å². The van der Waals surface area contributed by atoms with Crippen molar-refractivity contribution in [1.82, 2.24) is 46.2 Å². The first-order valence-corrected chi connectivity index (χ1v) is 31.9. The molecule has 2 aromatic carbocycles. The molecular formula is C59H87N11O20S. The molecule has 9 rings (SSSR count). The Kier molecular flexibility index (Phi) is 23.8. The summed E-state index contributed by atoms with van der Waals surface area (Å²) in [6.45, 7) is 7.52. The van der Waals surface area contributed by atoms with Crippen LogP contribution in [0.5, 0.6) is 11.5 Å². The number of aliphatic hydroxyl groups is 6. The summed E-state index contributed by atoms with van der Waals surface area (Å²) in [6.07, 6.45) is -5.68. The van der Waals surface area contributed by atoms with E-state index in [9.17, 15) is 69.3 Å². The number of aliphatic hydroxyl groups excluding tert-OH is 6. The minimum absolute atomic E-state index is 0.0881. The molecule has 6 aliphatic heterocycles. The molecule has 0 radical (unpaired) electrons. The summed E-state index contributed by atoms with van der Waals surface area (Å²) in [5, 5.41) is 103. The number of benzene rings is 2. The standard InChI is InChI=1S/C59H87N11O20S/c1-32-30-70-50(51(32)77)56(82)61-29-39(72)27-41(62-52(78)35-4-6-36(7-5-35)67-19-21-68(22-20-67)38-10-8-37(9-11-38)66-17-14-59(15-18-66)86-23-24-87-59)53(79)63-47(33(2)71)57(83)69-31-40(73)28-42(69)54(80)64-48(55(81)65-49(58(70)84)44(75)13-16-60)45(76)25-34-3-12-43(74)46(26-34)88-91-90-89-85/h3-7,12,26,32-33,37-42,44-45,47-51,71-77,85H,8-11,13-25,27-31,60H2,1-2H3,(H,61,82)(H,62,78)(H,63,79)(H,64,80)(H,65,81)/t32-,33+,37?,38?,39+,40+,41+,42+,44-,45-,47+,48+,49+,50+,51+/m1/s1. The van der Waals surface area contributed by atoms with Gasteiger partial charge in [0.05, 0.1) is 49.8 Å². The van der Waals surface area contributed by atoms with Crippen molar-refractivity contribution < 1.29 is 97.6 Å². The number of fused-ring (bicyclic) bond motifs is 2. The fourth-order valence-electron chi connectivity index (χ4n) is 13.6. The van der Waals surface area contributed by atoms with Crippen LogP contribution in [0.4, 0.5) is 5.69 Å². The van der Waals surface area contributed by atoms with E-state index in [1.54, 1.807) is 24.3 Å². The van der Waals surface area contributed by atoms with E-state index in [0.717, 1.165) is 106 Å². The first kappa shape index (κ1) is 69.3. The van der Waals surface area contributed by atoms with E-state index in [-0.39, 0.29) is 54.5 Å². The minimum Gasteiger partial charge on any atom is -0.504 e. The van der Waals surface area contributed by atoms with Gasteiger partial charge in [-0.25, -0.2) is 5.26 Å². The third-order valence-electron chi connectivity index (χ3n) is 18.7. The van der Waals surface area contributed by atoms with Crippen LogP contribution in [-0.4, -0.2) is 271 Å². The van der Waals surface area contributed by atoms with Crippen LogP contribution in [0, 0.1) is 5.92 Å². The smallest absolute Gasteiger partial charge is 0.261 e. The molecule has 0 bridgehead atoms. The maximum Gasteiger partial charge on any atom is 0.261 e. The zero-order chi connectivity index (χ0) is 65.3. The molecule has 1 saturated carbocycles. The largest absolute Gasteiger partial charge is 0.504 e. The van der Waals surface area contributed by atoms with Crippen molar-refractivity contribution >= 4 is 59.4 Å². The Morgan fingerprint density at radius 1 is 0.758 bits per heavy atom. The molecule has 1 spiro atoms. The van der Waals surface area contributed by atoms with Gasteiger partial charge in [0.1, 0.15) is 36.3 Å². The lowest BCUT2D eigenvalue weighted by molar-refractivity contribution is -0.433. The van der Waals surface area contributed by atoms with Gasteiger partial charge in [-0.05, 0) is 87.5 Å². The number of nitrogens with two attached hydrogens (primary N) is 1. The van der Waals surface area contributed by atoms with Gasteiger partial charge in [-0.15, -0.1) is 0 Å². The number of piperazine rings is 1. The molecule has 2 aromatic rings. The highest BCUT2D eigenvalue weighted by atomic mass is 32.2. The number of amides is 7. The lowest BCUT2D eigenvalue weighted by Gasteiger charge is -2.46. The zero-order valence-corrected chi connectivity index (χ0v) is 51.8. The van der Waals surface area contributed by atoms with E-state index in [1.165, 1.54) is 19.1 Å². The Bertz CT molecular complexity index is 2840. The number of aromatic hydroxyl groups is 1. The molecule has 7 aliphatic rings. The quantitative estimate of drug-likeness (QED) is 0.0333. The van der Waals surface area contributed by atoms with Crippen molar-refractivity contribution in [3.63, 3.8) is 0 Å². The highest BCUT2D eigenvalue weighted by Gasteiger charge is 2.50. The average Bonchev–Trinajstić information content (AvgIpc) is 1.92. The molecule has 0 unspecified atom stereocenters. The van der Waals surface area contributed by atoms with Gasteiger partial charge in [-0.1, -0.05) is 22.4 Å². The van der Waals surface area contributed by atoms with Gasteiger partial charge in [0, 0.05) is 120 Å². The van der Waals surface area contributed by atoms with Crippen LogP contribution >= 0.6 is 12.3 Å². The van der Waals surface area contributed by atoms with Crippen molar-refractivity contribution in [3.05, 3.63) is 53.6 Å². The summed E-state index contributed by atoms with van der Waals surface area (Å²) >= 11 is 0.0881. The van der Waals surface area contributed by atoms with Gasteiger partial charge in [-0.3, -0.25) is 43.4 Å². The zero-order valence-electron chi connectivity index (χ0n) is 51.0. The molecule has 6 saturated heterocycles. The first-order valence-electron chi connectivity index (χ1n) is 31.2. The summed E-state index contributed by atoms with van der Waals surface area (Å²) in [6, 6.07) is 0.420. The monoisotopic (exact) mass is 1300 g/mol. The number of hydrogen-bond acceptors (Lipinski definition) is 25. The van der Waals surface area contributed by atoms with Crippen LogP contribution in [-0.2, 0) is 54.0 Å². The maximum absolute atomic E-state index is 14.7. The molecule has 15 N–H and O–H groups in total. The SMILES string of the molecule is C[C@H](O)[C@@H]1NC(=O)[C@@H](NC(=O)c2ccc(N3CCN(C4CCC(N5CCC6(CC5)OCCO6)CC4)CC3)cc2)C[C@H](O)CNC(=O)[C@@H]2[C@@H](O)[C@H](C)CN2C(=O)[C@H]([C@H](O)CCN)NC(=O)[C@H]([C@H](O)Cc2ccc(O)c(OSOOO)c2)NC(=O)[C@@H]2C[C@H](O)CN2C1=O. The molecule has 7 fully saturated rings. The van der Waals surface area contributed by atoms with Gasteiger partial charge >= 0.3 is 0 Å². The summed E-state index contributed by atoms with van der Waals surface area (Å²) in [5.74, 6) is -9.47. The number of piperidine rings is 1. The van der Waals surface area contributed by atoms with Crippen LogP contribution < -0.4 is 41.4 Å². The second kappa shape index (κ2) is 31.2. The predicted octanol–water partition coefficient (Wildman–Crippen LogP) is -3.68. The number of β-amino-alcohol motifs (C(OH)–C–C–N with tert-alkyl or cyclic N) is 1.